The molecule has 1 fully saturated rings. The van der Waals surface area contributed by atoms with Gasteiger partial charge >= 0.3 is 5.97 Å². The number of amides is 1. The van der Waals surface area contributed by atoms with Crippen LogP contribution in [0.4, 0.5) is 4.39 Å². The average molecular weight is 267 g/mol. The molecule has 1 aliphatic rings. The summed E-state index contributed by atoms with van der Waals surface area (Å²) in [7, 11) is 0. The van der Waals surface area contributed by atoms with Crippen LogP contribution >= 0.6 is 0 Å². The Morgan fingerprint density at radius 2 is 2.05 bits per heavy atom. The quantitative estimate of drug-likeness (QED) is 0.830. The molecule has 0 bridgehead atoms. The van der Waals surface area contributed by atoms with Gasteiger partial charge in [-0.25, -0.2) is 9.18 Å². The molecule has 1 aliphatic heterocycles. The number of halogens is 1. The van der Waals surface area contributed by atoms with Crippen molar-refractivity contribution in [3.63, 3.8) is 0 Å². The summed E-state index contributed by atoms with van der Waals surface area (Å²) >= 11 is 0. The fourth-order valence-electron chi connectivity index (χ4n) is 2.30. The van der Waals surface area contributed by atoms with E-state index in [1.54, 1.807) is 6.92 Å². The maximum atomic E-state index is 13.3. The number of aliphatic carboxylic acids is 1. The Morgan fingerprint density at radius 1 is 1.37 bits per heavy atom. The minimum absolute atomic E-state index is 0.00459. The number of hydrogen-bond donors (Lipinski definition) is 2. The molecule has 1 aromatic carbocycles. The van der Waals surface area contributed by atoms with E-state index in [4.69, 9.17) is 5.11 Å². The van der Waals surface area contributed by atoms with Crippen LogP contribution in [-0.4, -0.2) is 45.7 Å². The molecule has 2 N–H and O–H groups in total. The molecule has 1 heterocycles. The van der Waals surface area contributed by atoms with Gasteiger partial charge in [0.05, 0.1) is 6.10 Å². The average Bonchev–Trinajstić information content (AvgIpc) is 2.69. The van der Waals surface area contributed by atoms with E-state index in [1.165, 1.54) is 12.1 Å². The van der Waals surface area contributed by atoms with Gasteiger partial charge in [-0.15, -0.1) is 0 Å². The molecule has 1 aromatic rings. The Morgan fingerprint density at radius 3 is 2.63 bits per heavy atom. The highest BCUT2D eigenvalue weighted by atomic mass is 19.1. The molecule has 1 saturated heterocycles. The first-order valence-electron chi connectivity index (χ1n) is 5.87. The Labute approximate surface area is 109 Å². The second-order valence-electron chi connectivity index (χ2n) is 4.72. The predicted molar refractivity (Wildman–Crippen MR) is 64.2 cm³/mol. The molecule has 6 heteroatoms. The summed E-state index contributed by atoms with van der Waals surface area (Å²) in [5.41, 5.74) is 0.674. The van der Waals surface area contributed by atoms with Crippen molar-refractivity contribution in [1.29, 1.82) is 0 Å². The molecular weight excluding hydrogens is 253 g/mol. The largest absolute Gasteiger partial charge is 0.480 e. The zero-order valence-corrected chi connectivity index (χ0v) is 10.3. The lowest BCUT2D eigenvalue weighted by molar-refractivity contribution is -0.141. The highest BCUT2D eigenvalue weighted by molar-refractivity contribution is 5.97. The number of benzene rings is 1. The van der Waals surface area contributed by atoms with Crippen molar-refractivity contribution in [2.24, 2.45) is 0 Å². The van der Waals surface area contributed by atoms with Crippen LogP contribution in [0.15, 0.2) is 18.2 Å². The second kappa shape index (κ2) is 4.97. The van der Waals surface area contributed by atoms with Crippen molar-refractivity contribution in [1.82, 2.24) is 4.90 Å². The number of rotatable bonds is 2. The topological polar surface area (TPSA) is 77.8 Å². The summed E-state index contributed by atoms with van der Waals surface area (Å²) in [6.45, 7) is 1.60. The summed E-state index contributed by atoms with van der Waals surface area (Å²) in [4.78, 5) is 24.3. The zero-order valence-electron chi connectivity index (χ0n) is 10.3. The van der Waals surface area contributed by atoms with Crippen LogP contribution in [0, 0.1) is 12.7 Å². The van der Waals surface area contributed by atoms with E-state index in [1.807, 2.05) is 0 Å². The monoisotopic (exact) mass is 267 g/mol. The van der Waals surface area contributed by atoms with Gasteiger partial charge in [-0.1, -0.05) is 0 Å². The lowest BCUT2D eigenvalue weighted by Gasteiger charge is -2.21. The van der Waals surface area contributed by atoms with Gasteiger partial charge in [-0.05, 0) is 30.7 Å². The minimum Gasteiger partial charge on any atom is -0.480 e. The summed E-state index contributed by atoms with van der Waals surface area (Å²) in [6, 6.07) is 2.78. The summed E-state index contributed by atoms with van der Waals surface area (Å²) < 4.78 is 13.3. The van der Waals surface area contributed by atoms with E-state index in [0.717, 1.165) is 11.0 Å². The van der Waals surface area contributed by atoms with Crippen LogP contribution in [0.3, 0.4) is 0 Å². The lowest BCUT2D eigenvalue weighted by atomic mass is 10.1. The van der Waals surface area contributed by atoms with E-state index in [9.17, 15) is 19.1 Å². The number of carboxylic acids is 1. The summed E-state index contributed by atoms with van der Waals surface area (Å²) in [6.07, 6.45) is -0.866. The number of carboxylic acid groups (broad SMARTS) is 1. The van der Waals surface area contributed by atoms with Gasteiger partial charge in [0, 0.05) is 18.5 Å². The van der Waals surface area contributed by atoms with Gasteiger partial charge in [0.2, 0.25) is 0 Å². The van der Waals surface area contributed by atoms with Crippen molar-refractivity contribution in [2.45, 2.75) is 25.5 Å². The Hall–Kier alpha value is -1.95. The first-order valence-corrected chi connectivity index (χ1v) is 5.87. The van der Waals surface area contributed by atoms with Crippen molar-refractivity contribution in [2.75, 3.05) is 6.54 Å². The number of aryl methyl sites for hydroxylation is 1. The molecule has 1 amide bonds. The number of aliphatic hydroxyl groups is 1. The molecule has 2 atom stereocenters. The highest BCUT2D eigenvalue weighted by Gasteiger charge is 2.39. The van der Waals surface area contributed by atoms with Gasteiger partial charge in [0.25, 0.3) is 5.91 Å². The molecule has 19 heavy (non-hydrogen) atoms. The molecule has 102 valence electrons. The van der Waals surface area contributed by atoms with E-state index in [-0.39, 0.29) is 18.5 Å². The van der Waals surface area contributed by atoms with E-state index in [2.05, 4.69) is 0 Å². The number of hydrogen-bond acceptors (Lipinski definition) is 3. The van der Waals surface area contributed by atoms with Gasteiger partial charge in [0.1, 0.15) is 11.9 Å². The first-order chi connectivity index (χ1) is 8.88. The van der Waals surface area contributed by atoms with Crippen LogP contribution < -0.4 is 0 Å². The number of likely N-dealkylation sites (tertiary alicyclic amines) is 1. The van der Waals surface area contributed by atoms with Crippen LogP contribution in [0.2, 0.25) is 0 Å². The number of aliphatic hydroxyl groups excluding tert-OH is 1. The number of carbonyl (C=O) groups is 2. The number of carbonyl (C=O) groups excluding carboxylic acids is 1. The SMILES string of the molecule is Cc1cc(F)cc(C(=O)N2C[C@H](O)C[C@@H]2C(=O)O)c1. The normalized spacial score (nSPS) is 22.6. The standard InChI is InChI=1S/C13H14FNO4/c1-7-2-8(4-9(14)3-7)12(17)15-6-10(16)5-11(15)13(18)19/h2-4,10-11,16H,5-6H2,1H3,(H,18,19)/t10-,11-/m1/s1. The fraction of sp³-hybridized carbons (Fsp3) is 0.385. The third kappa shape index (κ3) is 2.73. The van der Waals surface area contributed by atoms with E-state index in [0.29, 0.717) is 5.56 Å². The van der Waals surface area contributed by atoms with Crippen molar-refractivity contribution >= 4 is 11.9 Å². The van der Waals surface area contributed by atoms with Gasteiger partial charge in [-0.3, -0.25) is 4.79 Å². The number of nitrogens with zero attached hydrogens (tertiary/aromatic N) is 1. The maximum Gasteiger partial charge on any atom is 0.326 e. The third-order valence-corrected chi connectivity index (χ3v) is 3.11. The molecule has 0 aliphatic carbocycles. The smallest absolute Gasteiger partial charge is 0.326 e. The molecule has 2 rings (SSSR count). The minimum atomic E-state index is -1.17. The Balaban J connectivity index is 2.30. The third-order valence-electron chi connectivity index (χ3n) is 3.11. The molecule has 0 aromatic heterocycles. The molecule has 5 nitrogen and oxygen atoms in total. The van der Waals surface area contributed by atoms with E-state index < -0.39 is 29.8 Å². The van der Waals surface area contributed by atoms with E-state index >= 15 is 0 Å². The van der Waals surface area contributed by atoms with Gasteiger partial charge in [-0.2, -0.15) is 0 Å². The second-order valence-corrected chi connectivity index (χ2v) is 4.72. The Bertz CT molecular complexity index is 511. The summed E-state index contributed by atoms with van der Waals surface area (Å²) in [5.74, 6) is -2.29. The number of β-amino-alcohol motifs (C(OH)–C–C–N with tert-alkyl or cyclic N) is 1. The van der Waals surface area contributed by atoms with Crippen molar-refractivity contribution in [3.05, 3.63) is 35.1 Å². The van der Waals surface area contributed by atoms with Crippen LogP contribution in [0.25, 0.3) is 0 Å². The van der Waals surface area contributed by atoms with Gasteiger partial charge in [0.15, 0.2) is 0 Å². The molecular formula is C13H14FNO4. The summed E-state index contributed by atoms with van der Waals surface area (Å²) in [5, 5.41) is 18.5. The molecule has 0 saturated carbocycles. The highest BCUT2D eigenvalue weighted by Crippen LogP contribution is 2.21. The van der Waals surface area contributed by atoms with Crippen molar-refractivity contribution in [3.8, 4) is 0 Å². The molecule has 0 radical (unpaired) electrons. The zero-order chi connectivity index (χ0) is 14.2. The fourth-order valence-corrected chi connectivity index (χ4v) is 2.30. The lowest BCUT2D eigenvalue weighted by Crippen LogP contribution is -2.40. The predicted octanol–water partition coefficient (Wildman–Crippen LogP) is 0.794. The van der Waals surface area contributed by atoms with Crippen molar-refractivity contribution < 1.29 is 24.2 Å². The molecule has 0 spiro atoms. The van der Waals surface area contributed by atoms with Crippen LogP contribution in [0.1, 0.15) is 22.3 Å². The Kier molecular flexibility index (Phi) is 3.53. The maximum absolute atomic E-state index is 13.3. The molecule has 0 unspecified atom stereocenters. The van der Waals surface area contributed by atoms with Crippen LogP contribution in [0.5, 0.6) is 0 Å². The first kappa shape index (κ1) is 13.5. The van der Waals surface area contributed by atoms with Crippen LogP contribution in [-0.2, 0) is 4.79 Å². The van der Waals surface area contributed by atoms with Gasteiger partial charge < -0.3 is 15.1 Å².